The summed E-state index contributed by atoms with van der Waals surface area (Å²) in [5.41, 5.74) is 0. The lowest BCUT2D eigenvalue weighted by atomic mass is 10.0. The van der Waals surface area contributed by atoms with E-state index in [4.69, 9.17) is 18.5 Å². The highest BCUT2D eigenvalue weighted by Crippen LogP contribution is 2.38. The van der Waals surface area contributed by atoms with Gasteiger partial charge in [0.05, 0.1) is 27.7 Å². The van der Waals surface area contributed by atoms with Crippen molar-refractivity contribution in [3.05, 3.63) is 85.1 Å². The van der Waals surface area contributed by atoms with E-state index >= 15 is 0 Å². The topological polar surface area (TPSA) is 111 Å². The van der Waals surface area contributed by atoms with Crippen LogP contribution >= 0.6 is 7.82 Å². The Balaban J connectivity index is 4.08. The highest BCUT2D eigenvalue weighted by atomic mass is 31.2. The van der Waals surface area contributed by atoms with Gasteiger partial charge >= 0.3 is 11.9 Å². The average molecular weight is 1110 g/mol. The third-order valence-electron chi connectivity index (χ3n) is 13.9. The zero-order valence-electron chi connectivity index (χ0n) is 51.3. The van der Waals surface area contributed by atoms with Gasteiger partial charge in [-0.3, -0.25) is 14.2 Å². The Labute approximate surface area is 481 Å². The highest BCUT2D eigenvalue weighted by molar-refractivity contribution is 7.45. The number of carbonyl (C=O) groups excluding carboxylic acids is 2. The molecule has 0 aliphatic carbocycles. The van der Waals surface area contributed by atoms with Crippen LogP contribution in [0.15, 0.2) is 85.1 Å². The van der Waals surface area contributed by atoms with Crippen molar-refractivity contribution in [3.8, 4) is 0 Å². The van der Waals surface area contributed by atoms with Crippen LogP contribution in [0.5, 0.6) is 0 Å². The van der Waals surface area contributed by atoms with Gasteiger partial charge in [-0.15, -0.1) is 0 Å². The molecule has 0 aromatic heterocycles. The molecule has 452 valence electrons. The molecule has 78 heavy (non-hydrogen) atoms. The molecule has 0 heterocycles. The molecule has 0 aliphatic heterocycles. The Morgan fingerprint density at radius 1 is 0.410 bits per heavy atom. The number of likely N-dealkylation sites (N-methyl/N-ethyl adjacent to an activating group) is 1. The van der Waals surface area contributed by atoms with Gasteiger partial charge in [0.1, 0.15) is 19.8 Å². The molecule has 2 unspecified atom stereocenters. The predicted octanol–water partition coefficient (Wildman–Crippen LogP) is 20.0. The van der Waals surface area contributed by atoms with E-state index in [-0.39, 0.29) is 32.0 Å². The van der Waals surface area contributed by atoms with Crippen molar-refractivity contribution in [2.24, 2.45) is 0 Å². The first-order valence-corrected chi connectivity index (χ1v) is 33.8. The summed E-state index contributed by atoms with van der Waals surface area (Å²) in [6.07, 6.45) is 79.3. The molecule has 0 bridgehead atoms. The standard InChI is InChI=1S/C68H122NO8P/c1-6-8-10-12-14-16-18-20-22-24-26-28-30-31-32-33-34-35-36-37-39-40-42-44-46-48-50-52-54-56-58-60-67(70)74-64-66(65-76-78(72,73)75-63-62-69(3,4)5)77-68(71)61-59-57-55-53-51-49-47-45-43-41-38-29-27-25-23-21-19-17-15-13-11-9-7-2/h9,11,15,17-18,20-21,23-24,26-27,29-31,66H,6-8,10,12-14,16,19,22,25,28,32-65H2,1-5H3/b11-9-,17-15-,20-18-,23-21-,26-24-,29-27-,31-30-. The second-order valence-electron chi connectivity index (χ2n) is 22.7. The third kappa shape index (κ3) is 62.4. The van der Waals surface area contributed by atoms with Gasteiger partial charge < -0.3 is 27.9 Å². The number of ether oxygens (including phenoxy) is 2. The van der Waals surface area contributed by atoms with Crippen LogP contribution in [-0.2, 0) is 32.7 Å². The molecule has 0 aromatic rings. The quantitative estimate of drug-likeness (QED) is 0.0195. The number of quaternary nitrogens is 1. The molecular weight excluding hydrogens is 990 g/mol. The summed E-state index contributed by atoms with van der Waals surface area (Å²) < 4.78 is 34.2. The molecule has 0 radical (unpaired) electrons. The number of phosphoric ester groups is 1. The van der Waals surface area contributed by atoms with Crippen molar-refractivity contribution in [1.29, 1.82) is 0 Å². The van der Waals surface area contributed by atoms with Crippen LogP contribution in [0.2, 0.25) is 0 Å². The number of hydrogen-bond donors (Lipinski definition) is 0. The lowest BCUT2D eigenvalue weighted by Gasteiger charge is -2.28. The molecule has 0 saturated carbocycles. The maximum absolute atomic E-state index is 12.8. The van der Waals surface area contributed by atoms with E-state index in [1.165, 1.54) is 167 Å². The van der Waals surface area contributed by atoms with Crippen LogP contribution in [0.1, 0.15) is 284 Å². The van der Waals surface area contributed by atoms with Crippen LogP contribution in [0, 0.1) is 0 Å². The normalized spacial score (nSPS) is 13.8. The lowest BCUT2D eigenvalue weighted by molar-refractivity contribution is -0.870. The first-order chi connectivity index (χ1) is 38.0. The van der Waals surface area contributed by atoms with Crippen molar-refractivity contribution in [1.82, 2.24) is 0 Å². The molecule has 10 heteroatoms. The summed E-state index contributed by atoms with van der Waals surface area (Å²) in [7, 11) is 1.16. The third-order valence-corrected chi connectivity index (χ3v) is 14.9. The Morgan fingerprint density at radius 2 is 0.731 bits per heavy atom. The fourth-order valence-corrected chi connectivity index (χ4v) is 9.68. The number of rotatable bonds is 59. The van der Waals surface area contributed by atoms with E-state index in [2.05, 4.69) is 98.9 Å². The molecule has 0 rings (SSSR count). The molecule has 0 fully saturated rings. The van der Waals surface area contributed by atoms with Crippen LogP contribution in [0.3, 0.4) is 0 Å². The first-order valence-electron chi connectivity index (χ1n) is 32.3. The number of unbranched alkanes of at least 4 members (excludes halogenated alkanes) is 31. The molecule has 0 aliphatic rings. The van der Waals surface area contributed by atoms with Crippen LogP contribution in [-0.4, -0.2) is 70.0 Å². The fraction of sp³-hybridized carbons (Fsp3) is 0.765. The maximum Gasteiger partial charge on any atom is 0.306 e. The van der Waals surface area contributed by atoms with Crippen molar-refractivity contribution < 1.29 is 42.1 Å². The largest absolute Gasteiger partial charge is 0.756 e. The van der Waals surface area contributed by atoms with E-state index in [1.807, 2.05) is 21.1 Å². The summed E-state index contributed by atoms with van der Waals surface area (Å²) in [6, 6.07) is 0. The maximum atomic E-state index is 12.8. The Morgan fingerprint density at radius 3 is 1.09 bits per heavy atom. The second-order valence-corrected chi connectivity index (χ2v) is 24.2. The van der Waals surface area contributed by atoms with E-state index in [9.17, 15) is 19.0 Å². The first kappa shape index (κ1) is 75.2. The minimum absolute atomic E-state index is 0.0341. The number of esters is 2. The number of phosphoric acid groups is 1. The van der Waals surface area contributed by atoms with Crippen LogP contribution in [0.25, 0.3) is 0 Å². The van der Waals surface area contributed by atoms with E-state index in [0.29, 0.717) is 17.4 Å². The van der Waals surface area contributed by atoms with Gasteiger partial charge in [-0.25, -0.2) is 0 Å². The Hall–Kier alpha value is -2.81. The van der Waals surface area contributed by atoms with Gasteiger partial charge in [-0.05, 0) is 89.9 Å². The van der Waals surface area contributed by atoms with Gasteiger partial charge in [0.2, 0.25) is 0 Å². The summed E-state index contributed by atoms with van der Waals surface area (Å²) >= 11 is 0. The van der Waals surface area contributed by atoms with Crippen molar-refractivity contribution in [3.63, 3.8) is 0 Å². The lowest BCUT2D eigenvalue weighted by Crippen LogP contribution is -2.37. The minimum Gasteiger partial charge on any atom is -0.756 e. The molecule has 2 atom stereocenters. The number of allylic oxidation sites excluding steroid dienone is 14. The molecule has 0 saturated heterocycles. The number of nitrogens with zero attached hydrogens (tertiary/aromatic N) is 1. The fourth-order valence-electron chi connectivity index (χ4n) is 8.95. The smallest absolute Gasteiger partial charge is 0.306 e. The van der Waals surface area contributed by atoms with Gasteiger partial charge in [0, 0.05) is 12.8 Å². The van der Waals surface area contributed by atoms with Gasteiger partial charge in [-0.2, -0.15) is 0 Å². The van der Waals surface area contributed by atoms with E-state index in [0.717, 1.165) is 83.5 Å². The molecule has 0 spiro atoms. The summed E-state index contributed by atoms with van der Waals surface area (Å²) in [6.45, 7) is 4.13. The van der Waals surface area contributed by atoms with Crippen molar-refractivity contribution in [2.75, 3.05) is 47.5 Å². The highest BCUT2D eigenvalue weighted by Gasteiger charge is 2.22. The zero-order chi connectivity index (χ0) is 57.0. The van der Waals surface area contributed by atoms with Gasteiger partial charge in [-0.1, -0.05) is 266 Å². The average Bonchev–Trinajstić information content (AvgIpc) is 3.40. The minimum atomic E-state index is -4.64. The second kappa shape index (κ2) is 58.8. The van der Waals surface area contributed by atoms with Crippen LogP contribution in [0.4, 0.5) is 0 Å². The molecule has 0 N–H and O–H groups in total. The summed E-state index contributed by atoms with van der Waals surface area (Å²) in [5.74, 6) is -0.833. The van der Waals surface area contributed by atoms with Crippen molar-refractivity contribution >= 4 is 19.8 Å². The van der Waals surface area contributed by atoms with Crippen molar-refractivity contribution in [2.45, 2.75) is 290 Å². The summed E-state index contributed by atoms with van der Waals surface area (Å²) in [4.78, 5) is 38.0. The van der Waals surface area contributed by atoms with Gasteiger partial charge in [0.15, 0.2) is 6.10 Å². The Bertz CT molecular complexity index is 1590. The summed E-state index contributed by atoms with van der Waals surface area (Å²) in [5, 5.41) is 0. The van der Waals surface area contributed by atoms with E-state index < -0.39 is 26.5 Å². The molecular formula is C68H122NO8P. The van der Waals surface area contributed by atoms with Crippen LogP contribution < -0.4 is 4.89 Å². The Kier molecular flexibility index (Phi) is 56.7. The monoisotopic (exact) mass is 1110 g/mol. The molecule has 0 aromatic carbocycles. The number of carbonyl (C=O) groups is 2. The predicted molar refractivity (Wildman–Crippen MR) is 332 cm³/mol. The SMILES string of the molecule is CC/C=C\C/C=C\C/C=C\C/C=C\CCCCCCCCCCCCC(=O)OC(COC(=O)CCCCCCCCCCCCCCCCCC/C=C\C/C=C\C/C=C\CCCCCCC)COP(=O)([O-])OCC[N+](C)(C)C. The van der Waals surface area contributed by atoms with E-state index in [1.54, 1.807) is 0 Å². The van der Waals surface area contributed by atoms with Gasteiger partial charge in [0.25, 0.3) is 7.82 Å². The number of hydrogen-bond acceptors (Lipinski definition) is 8. The zero-order valence-corrected chi connectivity index (χ0v) is 52.2. The molecule has 9 nitrogen and oxygen atoms in total. The molecule has 0 amide bonds.